The number of hydrogen-bond acceptors (Lipinski definition) is 2. The van der Waals surface area contributed by atoms with Gasteiger partial charge < -0.3 is 10.6 Å². The van der Waals surface area contributed by atoms with E-state index in [4.69, 9.17) is 0 Å². The lowest BCUT2D eigenvalue weighted by molar-refractivity contribution is 0.111. The second-order valence-electron chi connectivity index (χ2n) is 5.55. The summed E-state index contributed by atoms with van der Waals surface area (Å²) in [5.74, 6) is 0. The molecule has 2 unspecified atom stereocenters. The summed E-state index contributed by atoms with van der Waals surface area (Å²) in [6.45, 7) is 7.07. The molecule has 0 saturated heterocycles. The molecule has 1 fully saturated rings. The monoisotopic (exact) mass is 184 g/mol. The third kappa shape index (κ3) is 2.68. The summed E-state index contributed by atoms with van der Waals surface area (Å²) >= 11 is 0. The van der Waals surface area contributed by atoms with Crippen LogP contribution in [0.15, 0.2) is 0 Å². The van der Waals surface area contributed by atoms with Crippen LogP contribution in [0.3, 0.4) is 0 Å². The molecule has 2 N–H and O–H groups in total. The molecule has 1 aliphatic carbocycles. The van der Waals surface area contributed by atoms with Crippen molar-refractivity contribution in [3.05, 3.63) is 0 Å². The highest BCUT2D eigenvalue weighted by atomic mass is 15.0. The largest absolute Gasteiger partial charge is 0.317 e. The Morgan fingerprint density at radius 3 is 2.15 bits per heavy atom. The molecule has 0 aromatic heterocycles. The Morgan fingerprint density at radius 2 is 1.69 bits per heavy atom. The van der Waals surface area contributed by atoms with Crippen molar-refractivity contribution < 1.29 is 0 Å². The molecule has 0 aliphatic heterocycles. The van der Waals surface area contributed by atoms with Crippen molar-refractivity contribution in [2.24, 2.45) is 5.41 Å². The molecule has 0 amide bonds. The summed E-state index contributed by atoms with van der Waals surface area (Å²) < 4.78 is 0. The van der Waals surface area contributed by atoms with Gasteiger partial charge in [0.1, 0.15) is 0 Å². The molecule has 13 heavy (non-hydrogen) atoms. The molecule has 0 radical (unpaired) electrons. The van der Waals surface area contributed by atoms with Crippen molar-refractivity contribution in [2.75, 3.05) is 14.1 Å². The number of nitrogens with one attached hydrogen (secondary N) is 2. The summed E-state index contributed by atoms with van der Waals surface area (Å²) in [5, 5.41) is 6.87. The Hall–Kier alpha value is -0.0800. The minimum Gasteiger partial charge on any atom is -0.317 e. The van der Waals surface area contributed by atoms with Gasteiger partial charge >= 0.3 is 0 Å². The fourth-order valence-electron chi connectivity index (χ4n) is 2.88. The first-order valence-electron chi connectivity index (χ1n) is 5.27. The van der Waals surface area contributed by atoms with E-state index in [1.807, 2.05) is 0 Å². The highest BCUT2D eigenvalue weighted by Gasteiger charge is 2.39. The predicted octanol–water partition coefficient (Wildman–Crippen LogP) is 1.76. The highest BCUT2D eigenvalue weighted by molar-refractivity contribution is 4.98. The first-order chi connectivity index (χ1) is 5.91. The van der Waals surface area contributed by atoms with Crippen LogP contribution in [0.25, 0.3) is 0 Å². The van der Waals surface area contributed by atoms with E-state index in [1.165, 1.54) is 19.3 Å². The number of hydrogen-bond donors (Lipinski definition) is 2. The lowest BCUT2D eigenvalue weighted by Crippen LogP contribution is -2.53. The smallest absolute Gasteiger partial charge is 0.0170 e. The highest BCUT2D eigenvalue weighted by Crippen LogP contribution is 2.40. The molecule has 78 valence electrons. The van der Waals surface area contributed by atoms with Gasteiger partial charge in [-0.15, -0.1) is 0 Å². The molecule has 0 heterocycles. The molecular formula is C11H24N2. The zero-order valence-corrected chi connectivity index (χ0v) is 9.70. The van der Waals surface area contributed by atoms with Crippen LogP contribution in [0.4, 0.5) is 0 Å². The fraction of sp³-hybridized carbons (Fsp3) is 1.00. The maximum absolute atomic E-state index is 3.46. The van der Waals surface area contributed by atoms with Gasteiger partial charge in [0.15, 0.2) is 0 Å². The second-order valence-corrected chi connectivity index (χ2v) is 5.55. The molecular weight excluding hydrogens is 160 g/mol. The quantitative estimate of drug-likeness (QED) is 0.683. The summed E-state index contributed by atoms with van der Waals surface area (Å²) in [4.78, 5) is 0. The number of rotatable bonds is 2. The van der Waals surface area contributed by atoms with Crippen molar-refractivity contribution in [1.29, 1.82) is 0 Å². The lowest BCUT2D eigenvalue weighted by Gasteiger charge is -2.46. The standard InChI is InChI=1S/C11H24N2/c1-10(2)6-9(12-4)7-11(3,8-10)13-5/h9,12-13H,6-8H2,1-5H3. The second kappa shape index (κ2) is 3.58. The summed E-state index contributed by atoms with van der Waals surface area (Å²) in [5.41, 5.74) is 0.777. The van der Waals surface area contributed by atoms with Crippen LogP contribution < -0.4 is 10.6 Å². The van der Waals surface area contributed by atoms with Crippen molar-refractivity contribution in [1.82, 2.24) is 10.6 Å². The molecule has 2 nitrogen and oxygen atoms in total. The van der Waals surface area contributed by atoms with Crippen molar-refractivity contribution in [3.8, 4) is 0 Å². The Balaban J connectivity index is 2.71. The molecule has 0 aromatic rings. The minimum absolute atomic E-state index is 0.315. The first kappa shape index (κ1) is 11.0. The van der Waals surface area contributed by atoms with Crippen molar-refractivity contribution in [3.63, 3.8) is 0 Å². The Bertz CT molecular complexity index is 177. The van der Waals surface area contributed by atoms with Gasteiger partial charge in [-0.2, -0.15) is 0 Å². The predicted molar refractivity (Wildman–Crippen MR) is 57.9 cm³/mol. The van der Waals surface area contributed by atoms with Gasteiger partial charge in [0.25, 0.3) is 0 Å². The van der Waals surface area contributed by atoms with Crippen LogP contribution in [0.5, 0.6) is 0 Å². The SMILES string of the molecule is CNC1CC(C)(C)CC(C)(NC)C1. The third-order valence-electron chi connectivity index (χ3n) is 3.38. The first-order valence-corrected chi connectivity index (χ1v) is 5.27. The van der Waals surface area contributed by atoms with E-state index in [0.29, 0.717) is 17.0 Å². The van der Waals surface area contributed by atoms with Crippen LogP contribution in [0, 0.1) is 5.41 Å². The van der Waals surface area contributed by atoms with E-state index < -0.39 is 0 Å². The van der Waals surface area contributed by atoms with E-state index in [0.717, 1.165) is 0 Å². The minimum atomic E-state index is 0.315. The summed E-state index contributed by atoms with van der Waals surface area (Å²) in [6, 6.07) is 0.668. The zero-order valence-electron chi connectivity index (χ0n) is 9.70. The maximum atomic E-state index is 3.46. The van der Waals surface area contributed by atoms with E-state index in [1.54, 1.807) is 0 Å². The molecule has 1 rings (SSSR count). The zero-order chi connectivity index (χ0) is 10.1. The van der Waals surface area contributed by atoms with Crippen LogP contribution in [-0.4, -0.2) is 25.7 Å². The topological polar surface area (TPSA) is 24.1 Å². The van der Waals surface area contributed by atoms with Gasteiger partial charge in [-0.25, -0.2) is 0 Å². The van der Waals surface area contributed by atoms with E-state index in [-0.39, 0.29) is 0 Å². The molecule has 2 atom stereocenters. The molecule has 1 aliphatic rings. The van der Waals surface area contributed by atoms with Gasteiger partial charge in [0.05, 0.1) is 0 Å². The Labute approximate surface area is 82.5 Å². The van der Waals surface area contributed by atoms with E-state index in [2.05, 4.69) is 45.5 Å². The fourth-order valence-corrected chi connectivity index (χ4v) is 2.88. The molecule has 0 bridgehead atoms. The average Bonchev–Trinajstić information content (AvgIpc) is 2.01. The van der Waals surface area contributed by atoms with Crippen LogP contribution in [0.1, 0.15) is 40.0 Å². The van der Waals surface area contributed by atoms with Crippen LogP contribution in [-0.2, 0) is 0 Å². The Kier molecular flexibility index (Phi) is 3.03. The third-order valence-corrected chi connectivity index (χ3v) is 3.38. The summed E-state index contributed by atoms with van der Waals surface area (Å²) in [7, 11) is 4.15. The van der Waals surface area contributed by atoms with E-state index >= 15 is 0 Å². The van der Waals surface area contributed by atoms with Gasteiger partial charge in [-0.1, -0.05) is 13.8 Å². The van der Waals surface area contributed by atoms with Gasteiger partial charge in [-0.05, 0) is 45.7 Å². The van der Waals surface area contributed by atoms with Gasteiger partial charge in [0, 0.05) is 11.6 Å². The molecule has 2 heteroatoms. The van der Waals surface area contributed by atoms with E-state index in [9.17, 15) is 0 Å². The van der Waals surface area contributed by atoms with Crippen LogP contribution >= 0.6 is 0 Å². The van der Waals surface area contributed by atoms with Gasteiger partial charge in [0.2, 0.25) is 0 Å². The maximum Gasteiger partial charge on any atom is 0.0170 e. The van der Waals surface area contributed by atoms with Gasteiger partial charge in [-0.3, -0.25) is 0 Å². The molecule has 1 saturated carbocycles. The summed E-state index contributed by atoms with van der Waals surface area (Å²) in [6.07, 6.45) is 3.80. The Morgan fingerprint density at radius 1 is 1.08 bits per heavy atom. The van der Waals surface area contributed by atoms with Crippen LogP contribution in [0.2, 0.25) is 0 Å². The average molecular weight is 184 g/mol. The normalized spacial score (nSPS) is 39.0. The molecule has 0 aromatic carbocycles. The molecule has 0 spiro atoms. The van der Waals surface area contributed by atoms with Crippen molar-refractivity contribution in [2.45, 2.75) is 51.6 Å². The van der Waals surface area contributed by atoms with Crippen molar-refractivity contribution >= 4 is 0 Å². The lowest BCUT2D eigenvalue weighted by atomic mass is 9.67.